The van der Waals surface area contributed by atoms with Crippen LogP contribution in [0.1, 0.15) is 36.0 Å². The summed E-state index contributed by atoms with van der Waals surface area (Å²) in [5.41, 5.74) is 3.71. The zero-order chi connectivity index (χ0) is 23.4. The molecule has 4 heteroatoms. The lowest BCUT2D eigenvalue weighted by Gasteiger charge is -2.32. The molecule has 0 saturated carbocycles. The van der Waals surface area contributed by atoms with Crippen molar-refractivity contribution in [3.8, 4) is 5.75 Å². The fraction of sp³-hybridized carbons (Fsp3) is 0.367. The normalized spacial score (nSPS) is 16.2. The Morgan fingerprint density at radius 3 is 2.26 bits per heavy atom. The molecule has 1 aliphatic rings. The summed E-state index contributed by atoms with van der Waals surface area (Å²) in [4.78, 5) is 15.0. The molecule has 1 aliphatic heterocycles. The molecule has 1 fully saturated rings. The minimum atomic E-state index is 0.144. The number of rotatable bonds is 11. The van der Waals surface area contributed by atoms with Gasteiger partial charge in [0.25, 0.3) is 0 Å². The minimum Gasteiger partial charge on any atom is -0.489 e. The second-order valence-electron chi connectivity index (χ2n) is 9.27. The zero-order valence-corrected chi connectivity index (χ0v) is 20.0. The van der Waals surface area contributed by atoms with Crippen LogP contribution in [0.2, 0.25) is 0 Å². The molecule has 1 amide bonds. The standard InChI is InChI=1S/C30H36N2O2/c33-30(18-15-26-13-16-29(17-14-26)34-24-27-10-5-2-6-11-27)31-22-28-12-7-20-32(23-28)21-19-25-8-3-1-4-9-25/h1-6,8-11,13-14,16-17,28H,7,12,15,18-24H2,(H,31,33). The monoisotopic (exact) mass is 456 g/mol. The molecule has 1 heterocycles. The second kappa shape index (κ2) is 13.0. The highest BCUT2D eigenvalue weighted by molar-refractivity contribution is 5.76. The van der Waals surface area contributed by atoms with Gasteiger partial charge in [-0.25, -0.2) is 0 Å². The van der Waals surface area contributed by atoms with Crippen LogP contribution < -0.4 is 10.1 Å². The third kappa shape index (κ3) is 8.03. The fourth-order valence-corrected chi connectivity index (χ4v) is 4.55. The number of piperidine rings is 1. The van der Waals surface area contributed by atoms with E-state index in [1.54, 1.807) is 0 Å². The van der Waals surface area contributed by atoms with E-state index in [4.69, 9.17) is 4.74 Å². The van der Waals surface area contributed by atoms with Crippen LogP contribution >= 0.6 is 0 Å². The summed E-state index contributed by atoms with van der Waals surface area (Å²) in [6.45, 7) is 4.69. The quantitative estimate of drug-likeness (QED) is 0.427. The van der Waals surface area contributed by atoms with Crippen molar-refractivity contribution in [1.82, 2.24) is 10.2 Å². The number of carbonyl (C=O) groups is 1. The van der Waals surface area contributed by atoms with Gasteiger partial charge in [0.2, 0.25) is 5.91 Å². The average Bonchev–Trinajstić information content (AvgIpc) is 2.90. The molecule has 178 valence electrons. The first-order chi connectivity index (χ1) is 16.7. The fourth-order valence-electron chi connectivity index (χ4n) is 4.55. The van der Waals surface area contributed by atoms with Gasteiger partial charge in [-0.05, 0) is 67.0 Å². The number of nitrogens with zero attached hydrogens (tertiary/aromatic N) is 1. The molecule has 1 N–H and O–H groups in total. The second-order valence-corrected chi connectivity index (χ2v) is 9.27. The zero-order valence-electron chi connectivity index (χ0n) is 20.0. The van der Waals surface area contributed by atoms with Gasteiger partial charge in [-0.1, -0.05) is 72.8 Å². The molecule has 1 saturated heterocycles. The molecule has 34 heavy (non-hydrogen) atoms. The SMILES string of the molecule is O=C(CCc1ccc(OCc2ccccc2)cc1)NCC1CCCN(CCc2ccccc2)C1. The number of likely N-dealkylation sites (tertiary alicyclic amines) is 1. The van der Waals surface area contributed by atoms with Gasteiger partial charge in [-0.2, -0.15) is 0 Å². The molecule has 0 aliphatic carbocycles. The van der Waals surface area contributed by atoms with Crippen LogP contribution in [0.25, 0.3) is 0 Å². The first kappa shape index (κ1) is 24.0. The number of nitrogens with one attached hydrogen (secondary N) is 1. The smallest absolute Gasteiger partial charge is 0.220 e. The van der Waals surface area contributed by atoms with Gasteiger partial charge in [0.05, 0.1) is 0 Å². The van der Waals surface area contributed by atoms with E-state index >= 15 is 0 Å². The topological polar surface area (TPSA) is 41.6 Å². The number of aryl methyl sites for hydroxylation is 1. The number of hydrogen-bond donors (Lipinski definition) is 1. The third-order valence-electron chi connectivity index (χ3n) is 6.56. The van der Waals surface area contributed by atoms with E-state index in [9.17, 15) is 4.79 Å². The molecule has 3 aromatic carbocycles. The van der Waals surface area contributed by atoms with E-state index in [0.29, 0.717) is 18.9 Å². The maximum atomic E-state index is 12.4. The Morgan fingerprint density at radius 1 is 0.853 bits per heavy atom. The van der Waals surface area contributed by atoms with Gasteiger partial charge in [-0.3, -0.25) is 4.79 Å². The molecule has 0 aromatic heterocycles. The van der Waals surface area contributed by atoms with Crippen molar-refractivity contribution in [2.24, 2.45) is 5.92 Å². The molecular formula is C30H36N2O2. The van der Waals surface area contributed by atoms with Crippen LogP contribution in [0.15, 0.2) is 84.9 Å². The first-order valence-corrected chi connectivity index (χ1v) is 12.5. The van der Waals surface area contributed by atoms with Gasteiger partial charge in [0.1, 0.15) is 12.4 Å². The van der Waals surface area contributed by atoms with E-state index < -0.39 is 0 Å². The minimum absolute atomic E-state index is 0.144. The molecule has 4 rings (SSSR count). The number of amides is 1. The van der Waals surface area contributed by atoms with E-state index in [0.717, 1.165) is 49.4 Å². The maximum absolute atomic E-state index is 12.4. The molecule has 3 aromatic rings. The first-order valence-electron chi connectivity index (χ1n) is 12.5. The summed E-state index contributed by atoms with van der Waals surface area (Å²) >= 11 is 0. The van der Waals surface area contributed by atoms with Gasteiger partial charge in [-0.15, -0.1) is 0 Å². The summed E-state index contributed by atoms with van der Waals surface area (Å²) < 4.78 is 5.85. The predicted molar refractivity (Wildman–Crippen MR) is 138 cm³/mol. The van der Waals surface area contributed by atoms with Gasteiger partial charge >= 0.3 is 0 Å². The summed E-state index contributed by atoms with van der Waals surface area (Å²) in [6.07, 6.45) is 4.78. The number of hydrogen-bond acceptors (Lipinski definition) is 3. The van der Waals surface area contributed by atoms with Crippen molar-refractivity contribution in [3.63, 3.8) is 0 Å². The predicted octanol–water partition coefficient (Wildman–Crippen LogP) is 5.27. The highest BCUT2D eigenvalue weighted by Crippen LogP contribution is 2.17. The van der Waals surface area contributed by atoms with Crippen molar-refractivity contribution >= 4 is 5.91 Å². The lowest BCUT2D eigenvalue weighted by Crippen LogP contribution is -2.41. The lowest BCUT2D eigenvalue weighted by molar-refractivity contribution is -0.121. The largest absolute Gasteiger partial charge is 0.489 e. The van der Waals surface area contributed by atoms with Crippen molar-refractivity contribution in [2.75, 3.05) is 26.2 Å². The van der Waals surface area contributed by atoms with Crippen LogP contribution in [0.3, 0.4) is 0 Å². The molecular weight excluding hydrogens is 420 g/mol. The lowest BCUT2D eigenvalue weighted by atomic mass is 9.97. The maximum Gasteiger partial charge on any atom is 0.220 e. The van der Waals surface area contributed by atoms with Gasteiger partial charge in [0.15, 0.2) is 0 Å². The van der Waals surface area contributed by atoms with Crippen LogP contribution in [-0.2, 0) is 24.2 Å². The van der Waals surface area contributed by atoms with Crippen molar-refractivity contribution in [3.05, 3.63) is 102 Å². The Labute approximate surface area is 204 Å². The molecule has 1 atom stereocenters. The molecule has 4 nitrogen and oxygen atoms in total. The van der Waals surface area contributed by atoms with Gasteiger partial charge in [0, 0.05) is 26.1 Å². The number of ether oxygens (including phenoxy) is 1. The summed E-state index contributed by atoms with van der Waals surface area (Å²) in [7, 11) is 0. The van der Waals surface area contributed by atoms with Crippen LogP contribution in [0.4, 0.5) is 0 Å². The van der Waals surface area contributed by atoms with Crippen molar-refractivity contribution < 1.29 is 9.53 Å². The summed E-state index contributed by atoms with van der Waals surface area (Å²) in [5, 5.41) is 3.18. The third-order valence-corrected chi connectivity index (χ3v) is 6.56. The van der Waals surface area contributed by atoms with E-state index in [1.807, 2.05) is 30.3 Å². The van der Waals surface area contributed by atoms with E-state index in [-0.39, 0.29) is 5.91 Å². The highest BCUT2D eigenvalue weighted by atomic mass is 16.5. The average molecular weight is 457 g/mol. The van der Waals surface area contributed by atoms with Gasteiger partial charge < -0.3 is 15.0 Å². The van der Waals surface area contributed by atoms with E-state index in [2.05, 4.69) is 64.8 Å². The van der Waals surface area contributed by atoms with Crippen LogP contribution in [-0.4, -0.2) is 37.0 Å². The Morgan fingerprint density at radius 2 is 1.53 bits per heavy atom. The van der Waals surface area contributed by atoms with Crippen molar-refractivity contribution in [1.29, 1.82) is 0 Å². The van der Waals surface area contributed by atoms with Crippen LogP contribution in [0.5, 0.6) is 5.75 Å². The molecule has 0 spiro atoms. The molecule has 1 unspecified atom stereocenters. The summed E-state index contributed by atoms with van der Waals surface area (Å²) in [6, 6.07) is 28.9. The Hall–Kier alpha value is -3.11. The molecule has 0 radical (unpaired) electrons. The number of carbonyl (C=O) groups excluding carboxylic acids is 1. The van der Waals surface area contributed by atoms with Crippen molar-refractivity contribution in [2.45, 2.75) is 38.7 Å². The summed E-state index contributed by atoms with van der Waals surface area (Å²) in [5.74, 6) is 1.55. The van der Waals surface area contributed by atoms with E-state index in [1.165, 1.54) is 24.9 Å². The molecule has 0 bridgehead atoms. The Bertz CT molecular complexity index is 989. The Kier molecular flexibility index (Phi) is 9.15. The Balaban J connectivity index is 1.12. The van der Waals surface area contributed by atoms with Crippen LogP contribution in [0, 0.1) is 5.92 Å². The highest BCUT2D eigenvalue weighted by Gasteiger charge is 2.20. The number of benzene rings is 3.